The molecule has 1 aliphatic rings. The third-order valence-corrected chi connectivity index (χ3v) is 3.70. The first-order valence-corrected chi connectivity index (χ1v) is 7.27. The summed E-state index contributed by atoms with van der Waals surface area (Å²) in [6.07, 6.45) is 5.37. The summed E-state index contributed by atoms with van der Waals surface area (Å²) >= 11 is 0. The number of aromatic nitrogens is 2. The molecule has 5 heteroatoms. The van der Waals surface area contributed by atoms with Gasteiger partial charge in [-0.1, -0.05) is 24.3 Å². The number of hydrogen-bond donors (Lipinski definition) is 2. The van der Waals surface area contributed by atoms with Crippen LogP contribution in [0.5, 0.6) is 0 Å². The molecule has 0 radical (unpaired) electrons. The molecule has 1 aliphatic heterocycles. The second kappa shape index (κ2) is 6.54. The van der Waals surface area contributed by atoms with Gasteiger partial charge >= 0.3 is 0 Å². The van der Waals surface area contributed by atoms with Crippen molar-refractivity contribution in [3.8, 4) is 0 Å². The number of H-pyrrole nitrogens is 1. The third-order valence-electron chi connectivity index (χ3n) is 3.70. The predicted molar refractivity (Wildman–Crippen MR) is 78.8 cm³/mol. The Hall–Kier alpha value is -2.14. The minimum absolute atomic E-state index is 0.0169. The highest BCUT2D eigenvalue weighted by molar-refractivity contribution is 5.76. The average Bonchev–Trinajstić information content (AvgIpc) is 3.01. The Labute approximate surface area is 123 Å². The minimum atomic E-state index is -0.126. The van der Waals surface area contributed by atoms with E-state index in [0.29, 0.717) is 26.0 Å². The van der Waals surface area contributed by atoms with Crippen LogP contribution in [0.3, 0.4) is 0 Å². The summed E-state index contributed by atoms with van der Waals surface area (Å²) in [4.78, 5) is 19.2. The van der Waals surface area contributed by atoms with E-state index >= 15 is 0 Å². The SMILES string of the molecule is O=C(CC1OCCc2ccccc21)NCCc1ncc[nH]1. The molecule has 0 saturated heterocycles. The first-order valence-electron chi connectivity index (χ1n) is 7.27. The van der Waals surface area contributed by atoms with E-state index in [4.69, 9.17) is 4.74 Å². The van der Waals surface area contributed by atoms with Crippen molar-refractivity contribution < 1.29 is 9.53 Å². The molecule has 1 unspecified atom stereocenters. The number of aromatic amines is 1. The molecule has 2 aromatic rings. The van der Waals surface area contributed by atoms with Crippen LogP contribution < -0.4 is 5.32 Å². The van der Waals surface area contributed by atoms with Crippen molar-refractivity contribution in [1.29, 1.82) is 0 Å². The van der Waals surface area contributed by atoms with Crippen molar-refractivity contribution in [3.05, 3.63) is 53.6 Å². The van der Waals surface area contributed by atoms with Gasteiger partial charge in [-0.2, -0.15) is 0 Å². The van der Waals surface area contributed by atoms with Crippen LogP contribution in [0.2, 0.25) is 0 Å². The zero-order valence-electron chi connectivity index (χ0n) is 11.8. The highest BCUT2D eigenvalue weighted by Gasteiger charge is 2.22. The zero-order valence-corrected chi connectivity index (χ0v) is 11.8. The fourth-order valence-corrected chi connectivity index (χ4v) is 2.64. The maximum Gasteiger partial charge on any atom is 0.222 e. The standard InChI is InChI=1S/C16H19N3O2/c20-16(19-7-5-15-17-8-9-18-15)11-14-13-4-2-1-3-12(13)6-10-21-14/h1-4,8-9,14H,5-7,10-11H2,(H,17,18)(H,19,20). The Bertz CT molecular complexity index is 595. The second-order valence-corrected chi connectivity index (χ2v) is 5.15. The number of fused-ring (bicyclic) bond motifs is 1. The zero-order chi connectivity index (χ0) is 14.5. The molecule has 110 valence electrons. The number of carbonyl (C=O) groups is 1. The van der Waals surface area contributed by atoms with Crippen molar-refractivity contribution in [2.45, 2.75) is 25.4 Å². The van der Waals surface area contributed by atoms with Crippen molar-refractivity contribution in [2.24, 2.45) is 0 Å². The van der Waals surface area contributed by atoms with E-state index in [2.05, 4.69) is 27.4 Å². The van der Waals surface area contributed by atoms with Gasteiger partial charge in [0.15, 0.2) is 0 Å². The fourth-order valence-electron chi connectivity index (χ4n) is 2.64. The lowest BCUT2D eigenvalue weighted by atomic mass is 9.95. The summed E-state index contributed by atoms with van der Waals surface area (Å²) in [6, 6.07) is 8.19. The Morgan fingerprint density at radius 3 is 3.19 bits per heavy atom. The van der Waals surface area contributed by atoms with Crippen LogP contribution >= 0.6 is 0 Å². The number of rotatable bonds is 5. The predicted octanol–water partition coefficient (Wildman–Crippen LogP) is 1.77. The highest BCUT2D eigenvalue weighted by atomic mass is 16.5. The van der Waals surface area contributed by atoms with Gasteiger partial charge in [0.05, 0.1) is 19.1 Å². The van der Waals surface area contributed by atoms with Crippen LogP contribution in [-0.4, -0.2) is 29.0 Å². The van der Waals surface area contributed by atoms with Gasteiger partial charge in [0.1, 0.15) is 5.82 Å². The van der Waals surface area contributed by atoms with Crippen LogP contribution in [0.25, 0.3) is 0 Å². The van der Waals surface area contributed by atoms with Gasteiger partial charge in [0, 0.05) is 25.4 Å². The smallest absolute Gasteiger partial charge is 0.222 e. The third kappa shape index (κ3) is 3.49. The average molecular weight is 285 g/mol. The number of ether oxygens (including phenoxy) is 1. The molecule has 1 aromatic heterocycles. The molecule has 0 spiro atoms. The Kier molecular flexibility index (Phi) is 4.31. The van der Waals surface area contributed by atoms with E-state index in [1.165, 1.54) is 5.56 Å². The van der Waals surface area contributed by atoms with Crippen LogP contribution in [-0.2, 0) is 22.4 Å². The summed E-state index contributed by atoms with van der Waals surface area (Å²) in [6.45, 7) is 1.27. The molecule has 5 nitrogen and oxygen atoms in total. The van der Waals surface area contributed by atoms with Crippen LogP contribution in [0.4, 0.5) is 0 Å². The van der Waals surface area contributed by atoms with Gasteiger partial charge in [0.25, 0.3) is 0 Å². The minimum Gasteiger partial charge on any atom is -0.373 e. The first-order chi connectivity index (χ1) is 10.3. The topological polar surface area (TPSA) is 67.0 Å². The van der Waals surface area contributed by atoms with Gasteiger partial charge in [-0.25, -0.2) is 4.98 Å². The van der Waals surface area contributed by atoms with E-state index in [1.54, 1.807) is 12.4 Å². The van der Waals surface area contributed by atoms with Crippen LogP contribution in [0.15, 0.2) is 36.7 Å². The molecule has 3 rings (SSSR count). The number of nitrogens with one attached hydrogen (secondary N) is 2. The molecule has 0 saturated carbocycles. The van der Waals surface area contributed by atoms with Crippen molar-refractivity contribution >= 4 is 5.91 Å². The molecular formula is C16H19N3O2. The van der Waals surface area contributed by atoms with E-state index < -0.39 is 0 Å². The Morgan fingerprint density at radius 1 is 1.43 bits per heavy atom. The van der Waals surface area contributed by atoms with Crippen molar-refractivity contribution in [3.63, 3.8) is 0 Å². The van der Waals surface area contributed by atoms with Gasteiger partial charge < -0.3 is 15.0 Å². The highest BCUT2D eigenvalue weighted by Crippen LogP contribution is 2.29. The summed E-state index contributed by atoms with van der Waals surface area (Å²) < 4.78 is 5.75. The number of imidazole rings is 1. The maximum atomic E-state index is 12.0. The van der Waals surface area contributed by atoms with Gasteiger partial charge in [-0.05, 0) is 17.5 Å². The molecule has 2 heterocycles. The Balaban J connectivity index is 1.51. The summed E-state index contributed by atoms with van der Waals surface area (Å²) in [5, 5.41) is 2.92. The monoisotopic (exact) mass is 285 g/mol. The second-order valence-electron chi connectivity index (χ2n) is 5.15. The molecule has 0 bridgehead atoms. The lowest BCUT2D eigenvalue weighted by Crippen LogP contribution is -2.29. The van der Waals surface area contributed by atoms with E-state index in [-0.39, 0.29) is 12.0 Å². The summed E-state index contributed by atoms with van der Waals surface area (Å²) in [5.41, 5.74) is 2.43. The number of carbonyl (C=O) groups excluding carboxylic acids is 1. The van der Waals surface area contributed by atoms with Gasteiger partial charge in [-0.3, -0.25) is 4.79 Å². The number of amides is 1. The quantitative estimate of drug-likeness (QED) is 0.880. The molecule has 1 atom stereocenters. The van der Waals surface area contributed by atoms with Crippen molar-refractivity contribution in [1.82, 2.24) is 15.3 Å². The molecule has 21 heavy (non-hydrogen) atoms. The fraction of sp³-hybridized carbons (Fsp3) is 0.375. The lowest BCUT2D eigenvalue weighted by Gasteiger charge is -2.25. The largest absolute Gasteiger partial charge is 0.373 e. The summed E-state index contributed by atoms with van der Waals surface area (Å²) in [5.74, 6) is 0.901. The van der Waals surface area contributed by atoms with Gasteiger partial charge in [-0.15, -0.1) is 0 Å². The van der Waals surface area contributed by atoms with E-state index in [0.717, 1.165) is 17.8 Å². The van der Waals surface area contributed by atoms with E-state index in [1.807, 2.05) is 12.1 Å². The van der Waals surface area contributed by atoms with Crippen LogP contribution in [0.1, 0.15) is 29.5 Å². The molecule has 1 amide bonds. The number of benzene rings is 1. The summed E-state index contributed by atoms with van der Waals surface area (Å²) in [7, 11) is 0. The van der Waals surface area contributed by atoms with Gasteiger partial charge in [0.2, 0.25) is 5.91 Å². The first kappa shape index (κ1) is 13.8. The molecule has 2 N–H and O–H groups in total. The normalized spacial score (nSPS) is 17.2. The molecular weight excluding hydrogens is 266 g/mol. The van der Waals surface area contributed by atoms with Crippen molar-refractivity contribution in [2.75, 3.05) is 13.2 Å². The van der Waals surface area contributed by atoms with E-state index in [9.17, 15) is 4.79 Å². The Morgan fingerprint density at radius 2 is 2.33 bits per heavy atom. The lowest BCUT2D eigenvalue weighted by molar-refractivity contribution is -0.124. The number of nitrogens with zero attached hydrogens (tertiary/aromatic N) is 1. The van der Waals surface area contributed by atoms with Crippen LogP contribution in [0, 0.1) is 0 Å². The molecule has 0 fully saturated rings. The molecule has 1 aromatic carbocycles. The molecule has 0 aliphatic carbocycles. The number of hydrogen-bond acceptors (Lipinski definition) is 3. The maximum absolute atomic E-state index is 12.0.